The van der Waals surface area contributed by atoms with Crippen LogP contribution in [-0.2, 0) is 10.2 Å². The molecule has 116 valence electrons. The van der Waals surface area contributed by atoms with E-state index in [0.717, 1.165) is 10.8 Å². The Morgan fingerprint density at radius 3 is 2.21 bits per heavy atom. The van der Waals surface area contributed by atoms with E-state index >= 15 is 0 Å². The van der Waals surface area contributed by atoms with Crippen molar-refractivity contribution in [3.8, 4) is 0 Å². The fourth-order valence-electron chi connectivity index (χ4n) is 1.47. The Hall–Kier alpha value is -0.380. The molecule has 0 saturated heterocycles. The van der Waals surface area contributed by atoms with Gasteiger partial charge in [-0.25, -0.2) is 0 Å². The molecule has 0 radical (unpaired) electrons. The summed E-state index contributed by atoms with van der Waals surface area (Å²) in [4.78, 5) is 0. The van der Waals surface area contributed by atoms with Crippen molar-refractivity contribution in [1.82, 2.24) is 13.9 Å². The maximum absolute atomic E-state index is 12.3. The highest BCUT2D eigenvalue weighted by atomic mass is 32.2. The van der Waals surface area contributed by atoms with Gasteiger partial charge in [-0.2, -0.15) is 30.2 Å². The predicted octanol–water partition coefficient (Wildman–Crippen LogP) is 1.05. The summed E-state index contributed by atoms with van der Waals surface area (Å²) in [5.41, 5.74) is 0. The standard InChI is InChI=1S/C10H22F3N3O2S/c1-4-14-7-6-8-15(3)19(17,18)16(5-2)9-10(11,12)13/h14H,4-9H2,1-3H3. The monoisotopic (exact) mass is 305 g/mol. The van der Waals surface area contributed by atoms with Crippen LogP contribution in [0.15, 0.2) is 0 Å². The van der Waals surface area contributed by atoms with Crippen LogP contribution in [0.25, 0.3) is 0 Å². The van der Waals surface area contributed by atoms with E-state index in [1.165, 1.54) is 14.0 Å². The molecule has 0 saturated carbocycles. The molecular formula is C10H22F3N3O2S. The number of hydrogen-bond acceptors (Lipinski definition) is 3. The number of alkyl halides is 3. The van der Waals surface area contributed by atoms with Crippen LogP contribution < -0.4 is 5.32 Å². The minimum absolute atomic E-state index is 0.184. The number of hydrogen-bond donors (Lipinski definition) is 1. The summed E-state index contributed by atoms with van der Waals surface area (Å²) in [6, 6.07) is 0. The van der Waals surface area contributed by atoms with E-state index in [9.17, 15) is 21.6 Å². The van der Waals surface area contributed by atoms with E-state index in [4.69, 9.17) is 0 Å². The van der Waals surface area contributed by atoms with Gasteiger partial charge in [-0.05, 0) is 19.5 Å². The molecule has 0 atom stereocenters. The lowest BCUT2D eigenvalue weighted by atomic mass is 10.4. The van der Waals surface area contributed by atoms with Gasteiger partial charge in [-0.1, -0.05) is 13.8 Å². The minimum atomic E-state index is -4.53. The highest BCUT2D eigenvalue weighted by Gasteiger charge is 2.36. The third kappa shape index (κ3) is 7.09. The van der Waals surface area contributed by atoms with Gasteiger partial charge in [0.25, 0.3) is 10.2 Å². The summed E-state index contributed by atoms with van der Waals surface area (Å²) < 4.78 is 62.2. The molecule has 0 amide bonds. The first-order valence-corrected chi connectivity index (χ1v) is 7.53. The fourth-order valence-corrected chi connectivity index (χ4v) is 2.86. The third-order valence-corrected chi connectivity index (χ3v) is 4.52. The second-order valence-electron chi connectivity index (χ2n) is 4.08. The van der Waals surface area contributed by atoms with Crippen LogP contribution in [-0.4, -0.2) is 63.0 Å². The lowest BCUT2D eigenvalue weighted by Crippen LogP contribution is -2.46. The number of nitrogens with one attached hydrogen (secondary N) is 1. The SMILES string of the molecule is CCNCCCN(C)S(=O)(=O)N(CC)CC(F)(F)F. The summed E-state index contributed by atoms with van der Waals surface area (Å²) >= 11 is 0. The molecule has 0 bridgehead atoms. The molecule has 5 nitrogen and oxygen atoms in total. The van der Waals surface area contributed by atoms with Crippen LogP contribution in [0.5, 0.6) is 0 Å². The van der Waals surface area contributed by atoms with Crippen molar-refractivity contribution in [3.05, 3.63) is 0 Å². The van der Waals surface area contributed by atoms with Crippen LogP contribution >= 0.6 is 0 Å². The largest absolute Gasteiger partial charge is 0.402 e. The van der Waals surface area contributed by atoms with Crippen molar-refractivity contribution >= 4 is 10.2 Å². The van der Waals surface area contributed by atoms with Crippen molar-refractivity contribution in [1.29, 1.82) is 0 Å². The summed E-state index contributed by atoms with van der Waals surface area (Å²) in [7, 11) is -2.76. The molecule has 0 aliphatic heterocycles. The van der Waals surface area contributed by atoms with Gasteiger partial charge >= 0.3 is 6.18 Å². The van der Waals surface area contributed by atoms with Crippen LogP contribution in [0.4, 0.5) is 13.2 Å². The lowest BCUT2D eigenvalue weighted by Gasteiger charge is -2.27. The van der Waals surface area contributed by atoms with E-state index in [2.05, 4.69) is 5.32 Å². The number of halogens is 3. The van der Waals surface area contributed by atoms with Gasteiger partial charge in [0.1, 0.15) is 6.54 Å². The van der Waals surface area contributed by atoms with Crippen LogP contribution in [0, 0.1) is 0 Å². The van der Waals surface area contributed by atoms with Gasteiger partial charge < -0.3 is 5.32 Å². The number of nitrogens with zero attached hydrogens (tertiary/aromatic N) is 2. The lowest BCUT2D eigenvalue weighted by molar-refractivity contribution is -0.136. The molecule has 0 heterocycles. The maximum atomic E-state index is 12.3. The Morgan fingerprint density at radius 1 is 1.21 bits per heavy atom. The molecule has 0 aromatic rings. The topological polar surface area (TPSA) is 52.7 Å². The van der Waals surface area contributed by atoms with Crippen molar-refractivity contribution in [2.75, 3.05) is 39.8 Å². The zero-order valence-electron chi connectivity index (χ0n) is 11.5. The highest BCUT2D eigenvalue weighted by Crippen LogP contribution is 2.19. The molecule has 0 spiro atoms. The summed E-state index contributed by atoms with van der Waals surface area (Å²) in [6.07, 6.45) is -3.99. The molecule has 0 aliphatic rings. The first kappa shape index (κ1) is 18.6. The van der Waals surface area contributed by atoms with Gasteiger partial charge in [0, 0.05) is 20.1 Å². The molecule has 0 unspecified atom stereocenters. The van der Waals surface area contributed by atoms with Gasteiger partial charge in [0.05, 0.1) is 0 Å². The maximum Gasteiger partial charge on any atom is 0.402 e. The molecule has 0 aromatic heterocycles. The zero-order chi connectivity index (χ0) is 15.1. The fraction of sp³-hybridized carbons (Fsp3) is 1.00. The van der Waals surface area contributed by atoms with Gasteiger partial charge in [-0.15, -0.1) is 0 Å². The number of rotatable bonds is 9. The third-order valence-electron chi connectivity index (χ3n) is 2.51. The van der Waals surface area contributed by atoms with Gasteiger partial charge in [-0.3, -0.25) is 0 Å². The van der Waals surface area contributed by atoms with Gasteiger partial charge in [0.15, 0.2) is 0 Å². The van der Waals surface area contributed by atoms with E-state index in [1.807, 2.05) is 6.92 Å². The summed E-state index contributed by atoms with van der Waals surface area (Å²) in [5.74, 6) is 0. The van der Waals surface area contributed by atoms with Crippen LogP contribution in [0.1, 0.15) is 20.3 Å². The summed E-state index contributed by atoms with van der Waals surface area (Å²) in [6.45, 7) is 3.22. The van der Waals surface area contributed by atoms with E-state index in [0.29, 0.717) is 17.3 Å². The van der Waals surface area contributed by atoms with E-state index in [1.54, 1.807) is 0 Å². The van der Waals surface area contributed by atoms with Crippen molar-refractivity contribution in [2.24, 2.45) is 0 Å². The molecule has 0 rings (SSSR count). The average molecular weight is 305 g/mol. The Labute approximate surface area is 112 Å². The molecule has 0 aromatic carbocycles. The molecule has 0 aliphatic carbocycles. The van der Waals surface area contributed by atoms with E-state index in [-0.39, 0.29) is 13.1 Å². The van der Waals surface area contributed by atoms with Crippen molar-refractivity contribution < 1.29 is 21.6 Å². The Balaban J connectivity index is 4.55. The first-order valence-electron chi connectivity index (χ1n) is 6.14. The molecular weight excluding hydrogens is 283 g/mol. The molecule has 19 heavy (non-hydrogen) atoms. The molecule has 1 N–H and O–H groups in total. The van der Waals surface area contributed by atoms with E-state index < -0.39 is 22.9 Å². The normalized spacial score (nSPS) is 13.5. The Kier molecular flexibility index (Phi) is 7.87. The second-order valence-corrected chi connectivity index (χ2v) is 6.11. The highest BCUT2D eigenvalue weighted by molar-refractivity contribution is 7.86. The van der Waals surface area contributed by atoms with Crippen LogP contribution in [0.3, 0.4) is 0 Å². The second kappa shape index (κ2) is 8.03. The van der Waals surface area contributed by atoms with Crippen molar-refractivity contribution in [3.63, 3.8) is 0 Å². The molecule has 9 heteroatoms. The molecule has 0 fully saturated rings. The minimum Gasteiger partial charge on any atom is -0.317 e. The summed E-state index contributed by atoms with van der Waals surface area (Å²) in [5, 5.41) is 3.02. The van der Waals surface area contributed by atoms with Crippen LogP contribution in [0.2, 0.25) is 0 Å². The Bertz CT molecular complexity index is 346. The van der Waals surface area contributed by atoms with Crippen molar-refractivity contribution in [2.45, 2.75) is 26.4 Å². The smallest absolute Gasteiger partial charge is 0.317 e. The quantitative estimate of drug-likeness (QED) is 0.648. The zero-order valence-corrected chi connectivity index (χ0v) is 12.3. The van der Waals surface area contributed by atoms with Gasteiger partial charge in [0.2, 0.25) is 0 Å². The first-order chi connectivity index (χ1) is 8.65. The Morgan fingerprint density at radius 2 is 1.79 bits per heavy atom. The average Bonchev–Trinajstić information content (AvgIpc) is 2.30. The predicted molar refractivity (Wildman–Crippen MR) is 68.0 cm³/mol.